The lowest BCUT2D eigenvalue weighted by molar-refractivity contribution is 0.105. The molecule has 0 saturated carbocycles. The summed E-state index contributed by atoms with van der Waals surface area (Å²) >= 11 is 5.42. The van der Waals surface area contributed by atoms with E-state index in [1.165, 1.54) is 24.6 Å². The van der Waals surface area contributed by atoms with E-state index in [2.05, 4.69) is 26.1 Å². The highest BCUT2D eigenvalue weighted by molar-refractivity contribution is 9.10. The maximum Gasteiger partial charge on any atom is 0.120 e. The predicted molar refractivity (Wildman–Crippen MR) is 92.3 cm³/mol. The number of thioether (sulfide) groups is 1. The molecular weight excluding hydrogens is 352 g/mol. The Labute approximate surface area is 139 Å². The summed E-state index contributed by atoms with van der Waals surface area (Å²) in [7, 11) is 0. The molecule has 2 rings (SSSR count). The van der Waals surface area contributed by atoms with Gasteiger partial charge in [-0.1, -0.05) is 22.0 Å². The Morgan fingerprint density at radius 1 is 1.38 bits per heavy atom. The fraction of sp³-hybridized carbons (Fsp3) is 0.600. The number of halogens is 1. The van der Waals surface area contributed by atoms with Crippen LogP contribution >= 0.6 is 27.7 Å². The summed E-state index contributed by atoms with van der Waals surface area (Å²) < 4.78 is 6.54. The van der Waals surface area contributed by atoms with Gasteiger partial charge in [-0.15, -0.1) is 0 Å². The predicted octanol–water partition coefficient (Wildman–Crippen LogP) is 1.83. The third-order valence-electron chi connectivity index (χ3n) is 3.33. The van der Waals surface area contributed by atoms with Crippen LogP contribution in [0.3, 0.4) is 0 Å². The Bertz CT molecular complexity index is 416. The van der Waals surface area contributed by atoms with Crippen LogP contribution < -0.4 is 10.1 Å². The molecule has 0 spiro atoms. The first-order chi connectivity index (χ1) is 10.2. The number of ether oxygens (including phenoxy) is 1. The van der Waals surface area contributed by atoms with Crippen molar-refractivity contribution in [2.75, 3.05) is 50.8 Å². The topological polar surface area (TPSA) is 44.7 Å². The van der Waals surface area contributed by atoms with Gasteiger partial charge in [-0.05, 0) is 18.2 Å². The maximum absolute atomic E-state index is 9.90. The van der Waals surface area contributed by atoms with Crippen LogP contribution in [0.15, 0.2) is 28.7 Å². The summed E-state index contributed by atoms with van der Waals surface area (Å²) in [4.78, 5) is 2.47. The van der Waals surface area contributed by atoms with E-state index in [9.17, 15) is 5.11 Å². The summed E-state index contributed by atoms with van der Waals surface area (Å²) in [5.74, 6) is 3.25. The largest absolute Gasteiger partial charge is 0.491 e. The molecule has 1 aromatic rings. The molecular formula is C15H23BrN2O2S. The van der Waals surface area contributed by atoms with Crippen LogP contribution in [0.2, 0.25) is 0 Å². The van der Waals surface area contributed by atoms with Gasteiger partial charge in [0.1, 0.15) is 18.5 Å². The number of aliphatic hydroxyl groups excluding tert-OH is 1. The highest BCUT2D eigenvalue weighted by atomic mass is 79.9. The third kappa shape index (κ3) is 7.02. The number of nitrogens with one attached hydrogen (secondary N) is 1. The van der Waals surface area contributed by atoms with Crippen LogP contribution in [0, 0.1) is 0 Å². The van der Waals surface area contributed by atoms with Gasteiger partial charge in [-0.25, -0.2) is 0 Å². The lowest BCUT2D eigenvalue weighted by Gasteiger charge is -2.26. The molecule has 2 N–H and O–H groups in total. The highest BCUT2D eigenvalue weighted by Gasteiger charge is 2.10. The molecule has 1 heterocycles. The molecule has 118 valence electrons. The van der Waals surface area contributed by atoms with E-state index in [-0.39, 0.29) is 0 Å². The van der Waals surface area contributed by atoms with Crippen LogP contribution in [-0.4, -0.2) is 66.9 Å². The molecule has 1 saturated heterocycles. The zero-order valence-corrected chi connectivity index (χ0v) is 14.5. The standard InChI is InChI=1S/C15H23BrN2O2S/c16-13-2-1-3-15(10-13)20-12-14(19)11-17-4-5-18-6-8-21-9-7-18/h1-3,10,14,17,19H,4-9,11-12H2. The normalized spacial score (nSPS) is 17.6. The zero-order valence-electron chi connectivity index (χ0n) is 12.1. The van der Waals surface area contributed by atoms with E-state index < -0.39 is 6.10 Å². The van der Waals surface area contributed by atoms with Crippen molar-refractivity contribution in [2.45, 2.75) is 6.10 Å². The molecule has 1 aromatic carbocycles. The fourth-order valence-corrected chi connectivity index (χ4v) is 3.50. The molecule has 0 radical (unpaired) electrons. The second kappa shape index (κ2) is 9.69. The average Bonchev–Trinajstić information content (AvgIpc) is 2.51. The molecule has 1 aliphatic rings. The Kier molecular flexibility index (Phi) is 7.88. The second-order valence-electron chi connectivity index (χ2n) is 5.08. The van der Waals surface area contributed by atoms with Crippen molar-refractivity contribution in [3.05, 3.63) is 28.7 Å². The minimum Gasteiger partial charge on any atom is -0.491 e. The highest BCUT2D eigenvalue weighted by Crippen LogP contribution is 2.17. The Morgan fingerprint density at radius 2 is 2.19 bits per heavy atom. The third-order valence-corrected chi connectivity index (χ3v) is 4.76. The lowest BCUT2D eigenvalue weighted by Crippen LogP contribution is -2.40. The molecule has 0 aromatic heterocycles. The first kappa shape index (κ1) is 17.1. The van der Waals surface area contributed by atoms with Crippen molar-refractivity contribution in [3.8, 4) is 5.75 Å². The van der Waals surface area contributed by atoms with E-state index in [1.807, 2.05) is 36.0 Å². The molecule has 0 amide bonds. The van der Waals surface area contributed by atoms with Gasteiger partial charge in [0, 0.05) is 48.7 Å². The number of nitrogens with zero attached hydrogens (tertiary/aromatic N) is 1. The smallest absolute Gasteiger partial charge is 0.120 e. The van der Waals surface area contributed by atoms with Crippen LogP contribution in [0.25, 0.3) is 0 Å². The minimum atomic E-state index is -0.485. The van der Waals surface area contributed by atoms with Crippen molar-refractivity contribution in [1.82, 2.24) is 10.2 Å². The van der Waals surface area contributed by atoms with Gasteiger partial charge in [0.05, 0.1) is 0 Å². The van der Waals surface area contributed by atoms with Crippen molar-refractivity contribution in [2.24, 2.45) is 0 Å². The Morgan fingerprint density at radius 3 is 2.95 bits per heavy atom. The molecule has 0 bridgehead atoms. The van der Waals surface area contributed by atoms with Gasteiger partial charge >= 0.3 is 0 Å². The van der Waals surface area contributed by atoms with Gasteiger partial charge in [-0.3, -0.25) is 0 Å². The average molecular weight is 375 g/mol. The summed E-state index contributed by atoms with van der Waals surface area (Å²) in [6.45, 7) is 5.21. The summed E-state index contributed by atoms with van der Waals surface area (Å²) in [5.41, 5.74) is 0. The number of rotatable bonds is 8. The van der Waals surface area contributed by atoms with E-state index in [4.69, 9.17) is 4.74 Å². The van der Waals surface area contributed by atoms with Crippen LogP contribution in [0.1, 0.15) is 0 Å². The van der Waals surface area contributed by atoms with Gasteiger partial charge in [0.2, 0.25) is 0 Å². The SMILES string of the molecule is OC(CNCCN1CCSCC1)COc1cccc(Br)c1. The Balaban J connectivity index is 1.54. The molecule has 6 heteroatoms. The van der Waals surface area contributed by atoms with Crippen LogP contribution in [0.5, 0.6) is 5.75 Å². The van der Waals surface area contributed by atoms with E-state index in [1.54, 1.807) is 0 Å². The summed E-state index contributed by atoms with van der Waals surface area (Å²) in [6.07, 6.45) is -0.485. The number of hydrogen-bond acceptors (Lipinski definition) is 5. The molecule has 1 unspecified atom stereocenters. The number of aliphatic hydroxyl groups is 1. The zero-order chi connectivity index (χ0) is 14.9. The summed E-state index contributed by atoms with van der Waals surface area (Å²) in [6, 6.07) is 7.65. The second-order valence-corrected chi connectivity index (χ2v) is 7.22. The first-order valence-electron chi connectivity index (χ1n) is 7.31. The first-order valence-corrected chi connectivity index (χ1v) is 9.26. The van der Waals surface area contributed by atoms with Gasteiger partial charge < -0.3 is 20.1 Å². The molecule has 0 aliphatic carbocycles. The van der Waals surface area contributed by atoms with Gasteiger partial charge in [0.25, 0.3) is 0 Å². The monoisotopic (exact) mass is 374 g/mol. The molecule has 1 fully saturated rings. The molecule has 1 atom stereocenters. The minimum absolute atomic E-state index is 0.309. The molecule has 1 aliphatic heterocycles. The van der Waals surface area contributed by atoms with Crippen molar-refractivity contribution < 1.29 is 9.84 Å². The maximum atomic E-state index is 9.90. The molecule has 4 nitrogen and oxygen atoms in total. The van der Waals surface area contributed by atoms with Crippen molar-refractivity contribution in [1.29, 1.82) is 0 Å². The number of hydrogen-bond donors (Lipinski definition) is 2. The van der Waals surface area contributed by atoms with Gasteiger partial charge in [-0.2, -0.15) is 11.8 Å². The lowest BCUT2D eigenvalue weighted by atomic mass is 10.3. The van der Waals surface area contributed by atoms with Crippen LogP contribution in [-0.2, 0) is 0 Å². The van der Waals surface area contributed by atoms with E-state index >= 15 is 0 Å². The van der Waals surface area contributed by atoms with Crippen molar-refractivity contribution in [3.63, 3.8) is 0 Å². The quantitative estimate of drug-likeness (QED) is 0.679. The van der Waals surface area contributed by atoms with Crippen LogP contribution in [0.4, 0.5) is 0 Å². The summed E-state index contributed by atoms with van der Waals surface area (Å²) in [5, 5.41) is 13.2. The van der Waals surface area contributed by atoms with Crippen molar-refractivity contribution >= 4 is 27.7 Å². The molecule has 21 heavy (non-hydrogen) atoms. The number of benzene rings is 1. The Hall–Kier alpha value is -0.270. The van der Waals surface area contributed by atoms with Gasteiger partial charge in [0.15, 0.2) is 0 Å². The van der Waals surface area contributed by atoms with E-state index in [0.717, 1.165) is 23.3 Å². The fourth-order valence-electron chi connectivity index (χ4n) is 2.14. The van der Waals surface area contributed by atoms with E-state index in [0.29, 0.717) is 13.2 Å².